The van der Waals surface area contributed by atoms with Gasteiger partial charge in [0.15, 0.2) is 11.5 Å². The molecule has 0 saturated heterocycles. The van der Waals surface area contributed by atoms with Crippen LogP contribution in [0.25, 0.3) is 16.8 Å². The van der Waals surface area contributed by atoms with Crippen molar-refractivity contribution in [3.8, 4) is 28.7 Å². The summed E-state index contributed by atoms with van der Waals surface area (Å²) in [5.41, 5.74) is 7.25. The molecule has 0 aliphatic heterocycles. The van der Waals surface area contributed by atoms with Crippen molar-refractivity contribution in [2.24, 2.45) is 0 Å². The highest BCUT2D eigenvalue weighted by Gasteiger charge is 2.17. The molecule has 2 aromatic carbocycles. The Balaban J connectivity index is 1.64. The van der Waals surface area contributed by atoms with Crippen LogP contribution < -0.4 is 4.74 Å². The van der Waals surface area contributed by atoms with Crippen LogP contribution in [0.4, 0.5) is 0 Å². The lowest BCUT2D eigenvalue weighted by atomic mass is 9.95. The van der Waals surface area contributed by atoms with E-state index in [9.17, 15) is 9.90 Å². The van der Waals surface area contributed by atoms with Crippen molar-refractivity contribution in [1.29, 1.82) is 0 Å². The van der Waals surface area contributed by atoms with Crippen molar-refractivity contribution in [2.75, 3.05) is 0 Å². The largest absolute Gasteiger partial charge is 0.489 e. The van der Waals surface area contributed by atoms with E-state index in [1.165, 1.54) is 11.1 Å². The molecule has 0 bridgehead atoms. The number of carboxylic acids is 1. The third kappa shape index (κ3) is 5.41. The number of fused-ring (bicyclic) bond motifs is 1. The van der Waals surface area contributed by atoms with E-state index in [1.54, 1.807) is 6.92 Å². The first-order valence-corrected chi connectivity index (χ1v) is 12.1. The fourth-order valence-electron chi connectivity index (χ4n) is 4.37. The van der Waals surface area contributed by atoms with Gasteiger partial charge in [0.25, 0.3) is 0 Å². The molecule has 2 aromatic heterocycles. The van der Waals surface area contributed by atoms with Crippen LogP contribution in [-0.2, 0) is 11.4 Å². The normalized spacial score (nSPS) is 11.8. The number of aliphatic carboxylic acids is 1. The quantitative estimate of drug-likeness (QED) is 0.299. The van der Waals surface area contributed by atoms with Gasteiger partial charge in [0.05, 0.1) is 12.3 Å². The lowest BCUT2D eigenvalue weighted by Gasteiger charge is -2.14. The first kappa shape index (κ1) is 25.0. The molecule has 184 valence electrons. The van der Waals surface area contributed by atoms with Crippen LogP contribution in [-0.4, -0.2) is 25.7 Å². The molecule has 0 fully saturated rings. The van der Waals surface area contributed by atoms with Gasteiger partial charge in [-0.2, -0.15) is 5.10 Å². The number of rotatable bonds is 8. The molecular weight excluding hydrogens is 450 g/mol. The van der Waals surface area contributed by atoms with Gasteiger partial charge < -0.3 is 9.84 Å². The van der Waals surface area contributed by atoms with Gasteiger partial charge in [-0.05, 0) is 61.2 Å². The average Bonchev–Trinajstić information content (AvgIpc) is 3.27. The molecule has 4 aromatic rings. The van der Waals surface area contributed by atoms with Gasteiger partial charge in [-0.15, -0.1) is 5.92 Å². The molecule has 0 radical (unpaired) electrons. The fraction of sp³-hybridized carbons (Fsp3) is 0.300. The molecule has 2 heterocycles. The number of aryl methyl sites for hydroxylation is 2. The zero-order valence-electron chi connectivity index (χ0n) is 21.4. The van der Waals surface area contributed by atoms with E-state index in [-0.39, 0.29) is 18.3 Å². The van der Waals surface area contributed by atoms with Crippen LogP contribution in [0.1, 0.15) is 67.1 Å². The van der Waals surface area contributed by atoms with Gasteiger partial charge in [0, 0.05) is 23.2 Å². The Bertz CT molecular complexity index is 1440. The minimum absolute atomic E-state index is 0.0293. The van der Waals surface area contributed by atoms with Gasteiger partial charge in [-0.3, -0.25) is 4.79 Å². The molecular formula is C30H31N3O3. The Labute approximate surface area is 212 Å². The summed E-state index contributed by atoms with van der Waals surface area (Å²) in [6.07, 6.45) is 1.94. The van der Waals surface area contributed by atoms with Crippen LogP contribution in [0, 0.1) is 25.7 Å². The van der Waals surface area contributed by atoms with Crippen molar-refractivity contribution >= 4 is 11.6 Å². The summed E-state index contributed by atoms with van der Waals surface area (Å²) in [5.74, 6) is 6.32. The minimum Gasteiger partial charge on any atom is -0.489 e. The maximum Gasteiger partial charge on any atom is 0.304 e. The van der Waals surface area contributed by atoms with Crippen LogP contribution in [0.5, 0.6) is 5.75 Å². The molecule has 36 heavy (non-hydrogen) atoms. The van der Waals surface area contributed by atoms with Crippen molar-refractivity contribution in [2.45, 2.75) is 59.5 Å². The fourth-order valence-corrected chi connectivity index (χ4v) is 4.37. The zero-order chi connectivity index (χ0) is 25.8. The highest BCUT2D eigenvalue weighted by atomic mass is 16.5. The van der Waals surface area contributed by atoms with Gasteiger partial charge in [-0.1, -0.05) is 50.1 Å². The molecule has 0 spiro atoms. The second kappa shape index (κ2) is 10.7. The SMILES string of the molecule is CC#CC(CC(=O)O)c1ccc(OCc2cc(-c3c(C)cccc3C)c3nc(C(C)C)nn3c2)cc1. The molecule has 0 amide bonds. The Morgan fingerprint density at radius 3 is 2.42 bits per heavy atom. The number of nitrogens with zero attached hydrogens (tertiary/aromatic N) is 3. The second-order valence-corrected chi connectivity index (χ2v) is 9.32. The average molecular weight is 482 g/mol. The first-order valence-electron chi connectivity index (χ1n) is 12.1. The summed E-state index contributed by atoms with van der Waals surface area (Å²) in [7, 11) is 0. The minimum atomic E-state index is -0.869. The van der Waals surface area contributed by atoms with E-state index in [0.717, 1.165) is 33.7 Å². The first-order chi connectivity index (χ1) is 17.3. The van der Waals surface area contributed by atoms with E-state index in [4.69, 9.17) is 14.8 Å². The Morgan fingerprint density at radius 1 is 1.11 bits per heavy atom. The Morgan fingerprint density at radius 2 is 1.81 bits per heavy atom. The predicted octanol–water partition coefficient (Wildman–Crippen LogP) is 6.30. The molecule has 1 N–H and O–H groups in total. The van der Waals surface area contributed by atoms with Gasteiger partial charge in [0.1, 0.15) is 12.4 Å². The Hall–Kier alpha value is -4.11. The number of benzene rings is 2. The summed E-state index contributed by atoms with van der Waals surface area (Å²) in [6, 6.07) is 15.9. The van der Waals surface area contributed by atoms with E-state index < -0.39 is 5.97 Å². The number of carboxylic acid groups (broad SMARTS) is 1. The maximum atomic E-state index is 11.2. The number of pyridine rings is 1. The van der Waals surface area contributed by atoms with Crippen LogP contribution in [0.3, 0.4) is 0 Å². The van der Waals surface area contributed by atoms with Crippen molar-refractivity contribution in [1.82, 2.24) is 14.6 Å². The van der Waals surface area contributed by atoms with Crippen LogP contribution in [0.15, 0.2) is 54.7 Å². The lowest BCUT2D eigenvalue weighted by molar-refractivity contribution is -0.137. The number of hydrogen-bond donors (Lipinski definition) is 1. The molecule has 0 aliphatic rings. The van der Waals surface area contributed by atoms with Gasteiger partial charge in [0.2, 0.25) is 0 Å². The molecule has 1 atom stereocenters. The summed E-state index contributed by atoms with van der Waals surface area (Å²) in [6.45, 7) is 10.5. The van der Waals surface area contributed by atoms with E-state index in [0.29, 0.717) is 12.4 Å². The summed E-state index contributed by atoms with van der Waals surface area (Å²) < 4.78 is 7.97. The summed E-state index contributed by atoms with van der Waals surface area (Å²) in [4.78, 5) is 16.0. The maximum absolute atomic E-state index is 11.2. The second-order valence-electron chi connectivity index (χ2n) is 9.32. The third-order valence-corrected chi connectivity index (χ3v) is 6.16. The molecule has 0 aliphatic carbocycles. The number of aromatic nitrogens is 3. The standard InChI is InChI=1S/C30H31N3O3/c1-6-8-24(16-27(34)35)23-11-13-25(14-12-23)36-18-22-15-26(28-20(4)9-7-10-21(28)5)30-31-29(19(2)3)32-33(30)17-22/h7,9-15,17,19,24H,16,18H2,1-5H3,(H,34,35). The highest BCUT2D eigenvalue weighted by Crippen LogP contribution is 2.32. The van der Waals surface area contributed by atoms with E-state index >= 15 is 0 Å². The number of hydrogen-bond acceptors (Lipinski definition) is 4. The van der Waals surface area contributed by atoms with Crippen LogP contribution >= 0.6 is 0 Å². The molecule has 4 rings (SSSR count). The van der Waals surface area contributed by atoms with Crippen molar-refractivity contribution in [3.05, 3.63) is 82.8 Å². The van der Waals surface area contributed by atoms with Crippen molar-refractivity contribution < 1.29 is 14.6 Å². The van der Waals surface area contributed by atoms with Crippen molar-refractivity contribution in [3.63, 3.8) is 0 Å². The topological polar surface area (TPSA) is 76.7 Å². The predicted molar refractivity (Wildman–Crippen MR) is 141 cm³/mol. The molecule has 0 saturated carbocycles. The van der Waals surface area contributed by atoms with Crippen LogP contribution in [0.2, 0.25) is 0 Å². The monoisotopic (exact) mass is 481 g/mol. The third-order valence-electron chi connectivity index (χ3n) is 6.16. The van der Waals surface area contributed by atoms with E-state index in [2.05, 4.69) is 63.8 Å². The highest BCUT2D eigenvalue weighted by molar-refractivity contribution is 5.82. The van der Waals surface area contributed by atoms with E-state index in [1.807, 2.05) is 35.0 Å². The summed E-state index contributed by atoms with van der Waals surface area (Å²) in [5, 5.41) is 13.9. The summed E-state index contributed by atoms with van der Waals surface area (Å²) >= 11 is 0. The molecule has 1 unspecified atom stereocenters. The van der Waals surface area contributed by atoms with Gasteiger partial charge in [-0.25, -0.2) is 9.50 Å². The molecule has 6 nitrogen and oxygen atoms in total. The number of ether oxygens (including phenoxy) is 1. The lowest BCUT2D eigenvalue weighted by Crippen LogP contribution is -2.05. The molecule has 6 heteroatoms. The Kier molecular flexibility index (Phi) is 7.40. The zero-order valence-corrected chi connectivity index (χ0v) is 21.4. The van der Waals surface area contributed by atoms with Gasteiger partial charge >= 0.3 is 5.97 Å². The number of carbonyl (C=O) groups is 1. The smallest absolute Gasteiger partial charge is 0.304 e.